The second-order valence-electron chi connectivity index (χ2n) is 7.56. The first kappa shape index (κ1) is 20.3. The molecule has 156 valence electrons. The molecule has 1 atom stereocenters. The molecule has 4 rings (SSSR count). The average Bonchev–Trinajstić information content (AvgIpc) is 2.74. The zero-order valence-electron chi connectivity index (χ0n) is 16.6. The lowest BCUT2D eigenvalue weighted by atomic mass is 9.81. The molecule has 0 fully saturated rings. The van der Waals surface area contributed by atoms with Crippen LogP contribution in [0.15, 0.2) is 65.5 Å². The highest BCUT2D eigenvalue weighted by Gasteiger charge is 2.28. The van der Waals surface area contributed by atoms with E-state index in [2.05, 4.69) is 10.3 Å². The normalized spacial score (nSPS) is 15.2. The number of anilines is 1. The third-order valence-electron chi connectivity index (χ3n) is 5.39. The summed E-state index contributed by atoms with van der Waals surface area (Å²) in [6.07, 6.45) is 0.716. The van der Waals surface area contributed by atoms with Crippen molar-refractivity contribution in [3.8, 4) is 0 Å². The number of rotatable bonds is 5. The lowest BCUT2D eigenvalue weighted by molar-refractivity contribution is -0.136. The van der Waals surface area contributed by atoms with Crippen LogP contribution >= 0.6 is 0 Å². The van der Waals surface area contributed by atoms with Crippen molar-refractivity contribution in [2.24, 2.45) is 0 Å². The summed E-state index contributed by atoms with van der Waals surface area (Å²) in [4.78, 5) is 51.4. The lowest BCUT2D eigenvalue weighted by Gasteiger charge is -2.24. The van der Waals surface area contributed by atoms with Crippen molar-refractivity contribution in [2.75, 3.05) is 5.32 Å². The maximum atomic E-state index is 12.7. The summed E-state index contributed by atoms with van der Waals surface area (Å²) >= 11 is 0. The molecule has 1 amide bonds. The van der Waals surface area contributed by atoms with Crippen molar-refractivity contribution >= 4 is 23.3 Å². The van der Waals surface area contributed by atoms with Gasteiger partial charge in [-0.2, -0.15) is 0 Å². The molecule has 1 aliphatic carbocycles. The highest BCUT2D eigenvalue weighted by Crippen LogP contribution is 2.31. The Morgan fingerprint density at radius 2 is 1.71 bits per heavy atom. The number of carboxylic acids is 1. The predicted octanol–water partition coefficient (Wildman–Crippen LogP) is 3.17. The largest absolute Gasteiger partial charge is 0.481 e. The number of aromatic amines is 1. The van der Waals surface area contributed by atoms with Crippen LogP contribution in [0.1, 0.15) is 49.9 Å². The Bertz CT molecular complexity index is 1210. The number of carboxylic acid groups (broad SMARTS) is 1. The third-order valence-corrected chi connectivity index (χ3v) is 5.39. The molecule has 3 N–H and O–H groups in total. The number of benzene rings is 2. The quantitative estimate of drug-likeness (QED) is 0.591. The molecule has 1 aromatic heterocycles. The SMILES string of the molecule is O=C(O)Cc1ccc(NC(=O)c2cc3c([nH]c2=O)CC(c2ccccc2)CC3=O)cc1. The number of hydrogen-bond acceptors (Lipinski definition) is 4. The summed E-state index contributed by atoms with van der Waals surface area (Å²) in [5, 5.41) is 11.4. The number of H-pyrrole nitrogens is 1. The van der Waals surface area contributed by atoms with Gasteiger partial charge >= 0.3 is 5.97 Å². The molecule has 2 aromatic carbocycles. The van der Waals surface area contributed by atoms with E-state index in [-0.39, 0.29) is 23.7 Å². The van der Waals surface area contributed by atoms with E-state index in [0.717, 1.165) is 5.56 Å². The summed E-state index contributed by atoms with van der Waals surface area (Å²) in [7, 11) is 0. The molecule has 0 saturated heterocycles. The lowest BCUT2D eigenvalue weighted by Crippen LogP contribution is -2.29. The Morgan fingerprint density at radius 3 is 2.39 bits per heavy atom. The van der Waals surface area contributed by atoms with Gasteiger partial charge in [0.15, 0.2) is 5.78 Å². The minimum Gasteiger partial charge on any atom is -0.481 e. The zero-order chi connectivity index (χ0) is 22.0. The van der Waals surface area contributed by atoms with E-state index >= 15 is 0 Å². The van der Waals surface area contributed by atoms with Crippen molar-refractivity contribution in [3.63, 3.8) is 0 Å². The topological polar surface area (TPSA) is 116 Å². The number of Topliss-reactive ketones (excluding diaryl/α,β-unsaturated/α-hetero) is 1. The smallest absolute Gasteiger partial charge is 0.307 e. The van der Waals surface area contributed by atoms with E-state index in [1.165, 1.54) is 6.07 Å². The molecule has 7 nitrogen and oxygen atoms in total. The fourth-order valence-electron chi connectivity index (χ4n) is 3.84. The first-order valence-corrected chi connectivity index (χ1v) is 9.87. The molecule has 1 aliphatic rings. The molecule has 0 spiro atoms. The van der Waals surface area contributed by atoms with E-state index in [1.54, 1.807) is 24.3 Å². The minimum atomic E-state index is -0.948. The number of aliphatic carboxylic acids is 1. The van der Waals surface area contributed by atoms with Gasteiger partial charge in [-0.25, -0.2) is 0 Å². The highest BCUT2D eigenvalue weighted by atomic mass is 16.4. The maximum Gasteiger partial charge on any atom is 0.307 e. The Morgan fingerprint density at radius 1 is 1.00 bits per heavy atom. The van der Waals surface area contributed by atoms with Crippen LogP contribution in [0, 0.1) is 0 Å². The van der Waals surface area contributed by atoms with Crippen molar-refractivity contribution in [3.05, 3.63) is 99.0 Å². The van der Waals surface area contributed by atoms with Crippen LogP contribution in [0.5, 0.6) is 0 Å². The van der Waals surface area contributed by atoms with Gasteiger partial charge in [-0.3, -0.25) is 19.2 Å². The molecule has 31 heavy (non-hydrogen) atoms. The molecule has 3 aromatic rings. The Hall–Kier alpha value is -4.00. The molecule has 0 aliphatic heterocycles. The van der Waals surface area contributed by atoms with Gasteiger partial charge in [0, 0.05) is 23.4 Å². The van der Waals surface area contributed by atoms with E-state index in [0.29, 0.717) is 35.3 Å². The average molecular weight is 416 g/mol. The number of pyridine rings is 1. The summed E-state index contributed by atoms with van der Waals surface area (Å²) in [5.74, 6) is -1.70. The zero-order valence-corrected chi connectivity index (χ0v) is 16.6. The van der Waals surface area contributed by atoms with Crippen molar-refractivity contribution in [1.29, 1.82) is 0 Å². The van der Waals surface area contributed by atoms with Crippen LogP contribution in [-0.2, 0) is 17.6 Å². The van der Waals surface area contributed by atoms with Crippen LogP contribution in [-0.4, -0.2) is 27.8 Å². The van der Waals surface area contributed by atoms with Gasteiger partial charge in [0.1, 0.15) is 5.56 Å². The summed E-state index contributed by atoms with van der Waals surface area (Å²) in [6.45, 7) is 0. The Balaban J connectivity index is 1.55. The van der Waals surface area contributed by atoms with E-state index in [4.69, 9.17) is 5.11 Å². The Kier molecular flexibility index (Phi) is 5.49. The van der Waals surface area contributed by atoms with Crippen LogP contribution in [0.25, 0.3) is 0 Å². The first-order chi connectivity index (χ1) is 14.9. The van der Waals surface area contributed by atoms with Crippen LogP contribution in [0.3, 0.4) is 0 Å². The van der Waals surface area contributed by atoms with Crippen molar-refractivity contribution in [1.82, 2.24) is 4.98 Å². The first-order valence-electron chi connectivity index (χ1n) is 9.87. The second kappa shape index (κ2) is 8.39. The molecule has 0 bridgehead atoms. The van der Waals surface area contributed by atoms with Crippen LogP contribution in [0.2, 0.25) is 0 Å². The maximum absolute atomic E-state index is 12.7. The molecule has 0 saturated carbocycles. The number of carbonyl (C=O) groups excluding carboxylic acids is 2. The van der Waals surface area contributed by atoms with Gasteiger partial charge in [-0.1, -0.05) is 42.5 Å². The minimum absolute atomic E-state index is 0.0131. The summed E-state index contributed by atoms with van der Waals surface area (Å²) in [5.41, 5.74) is 2.27. The van der Waals surface area contributed by atoms with Crippen molar-refractivity contribution < 1.29 is 19.5 Å². The van der Waals surface area contributed by atoms with Gasteiger partial charge in [-0.05, 0) is 41.7 Å². The van der Waals surface area contributed by atoms with E-state index in [9.17, 15) is 19.2 Å². The number of carbonyl (C=O) groups is 3. The monoisotopic (exact) mass is 416 g/mol. The molecular formula is C24H20N2O5. The fraction of sp³-hybridized carbons (Fsp3) is 0.167. The molecular weight excluding hydrogens is 396 g/mol. The standard InChI is InChI=1S/C24H20N2O5/c27-21-12-16(15-4-2-1-3-5-15)11-20-18(21)13-19(24(31)26-20)23(30)25-17-8-6-14(7-9-17)10-22(28)29/h1-9,13,16H,10-12H2,(H,25,30)(H,26,31)(H,28,29). The predicted molar refractivity (Wildman–Crippen MR) is 115 cm³/mol. The Labute approximate surface area is 177 Å². The van der Waals surface area contributed by atoms with Gasteiger partial charge in [0.05, 0.1) is 6.42 Å². The molecule has 1 unspecified atom stereocenters. The van der Waals surface area contributed by atoms with Crippen LogP contribution < -0.4 is 10.9 Å². The molecule has 1 heterocycles. The van der Waals surface area contributed by atoms with Gasteiger partial charge in [0.2, 0.25) is 0 Å². The number of hydrogen-bond donors (Lipinski definition) is 3. The summed E-state index contributed by atoms with van der Waals surface area (Å²) in [6, 6.07) is 17.4. The number of fused-ring (bicyclic) bond motifs is 1. The molecule has 0 radical (unpaired) electrons. The number of ketones is 1. The van der Waals surface area contributed by atoms with Gasteiger partial charge in [-0.15, -0.1) is 0 Å². The number of amides is 1. The van der Waals surface area contributed by atoms with Gasteiger partial charge < -0.3 is 15.4 Å². The third kappa shape index (κ3) is 4.45. The second-order valence-corrected chi connectivity index (χ2v) is 7.56. The van der Waals surface area contributed by atoms with Gasteiger partial charge in [0.25, 0.3) is 11.5 Å². The number of aromatic nitrogens is 1. The summed E-state index contributed by atoms with van der Waals surface area (Å²) < 4.78 is 0. The fourth-order valence-corrected chi connectivity index (χ4v) is 3.84. The molecule has 7 heteroatoms. The van der Waals surface area contributed by atoms with E-state index < -0.39 is 17.4 Å². The number of nitrogens with one attached hydrogen (secondary N) is 2. The van der Waals surface area contributed by atoms with Crippen molar-refractivity contribution in [2.45, 2.75) is 25.2 Å². The highest BCUT2D eigenvalue weighted by molar-refractivity contribution is 6.06. The van der Waals surface area contributed by atoms with E-state index in [1.807, 2.05) is 30.3 Å². The van der Waals surface area contributed by atoms with Crippen LogP contribution in [0.4, 0.5) is 5.69 Å².